The van der Waals surface area contributed by atoms with E-state index in [0.717, 1.165) is 0 Å². The number of methoxy groups -OCH3 is 1. The predicted octanol–water partition coefficient (Wildman–Crippen LogP) is 3.15. The van der Waals surface area contributed by atoms with Crippen molar-refractivity contribution < 1.29 is 14.2 Å². The molecule has 0 bridgehead atoms. The van der Waals surface area contributed by atoms with Crippen molar-refractivity contribution in [1.82, 2.24) is 0 Å². The molecule has 0 radical (unpaired) electrons. The number of benzene rings is 2. The molecule has 0 aliphatic rings. The van der Waals surface area contributed by atoms with Crippen LogP contribution in [0, 0.1) is 5.82 Å². The van der Waals surface area contributed by atoms with Gasteiger partial charge in [-0.3, -0.25) is 0 Å². The Hall–Kier alpha value is -1.78. The molecular formula is C14H13ClFNO2. The third-order valence-electron chi connectivity index (χ3n) is 2.85. The van der Waals surface area contributed by atoms with E-state index < -0.39 is 11.9 Å². The number of hydrogen-bond acceptors (Lipinski definition) is 3. The molecule has 1 atom stereocenters. The minimum Gasteiger partial charge on any atom is -0.494 e. The van der Waals surface area contributed by atoms with Crippen LogP contribution in [-0.4, -0.2) is 12.2 Å². The quantitative estimate of drug-likeness (QED) is 0.850. The van der Waals surface area contributed by atoms with Crippen molar-refractivity contribution in [2.75, 3.05) is 12.8 Å². The fourth-order valence-electron chi connectivity index (χ4n) is 1.86. The van der Waals surface area contributed by atoms with Crippen molar-refractivity contribution in [1.29, 1.82) is 0 Å². The summed E-state index contributed by atoms with van der Waals surface area (Å²) in [6.07, 6.45) is -1.17. The van der Waals surface area contributed by atoms with Gasteiger partial charge in [0.1, 0.15) is 6.10 Å². The van der Waals surface area contributed by atoms with Gasteiger partial charge in [0.25, 0.3) is 0 Å². The minimum absolute atomic E-state index is 0.0732. The highest BCUT2D eigenvalue weighted by Crippen LogP contribution is 2.32. The maximum Gasteiger partial charge on any atom is 0.171 e. The van der Waals surface area contributed by atoms with E-state index in [1.807, 2.05) is 0 Å². The van der Waals surface area contributed by atoms with Crippen LogP contribution in [0.4, 0.5) is 10.1 Å². The summed E-state index contributed by atoms with van der Waals surface area (Å²) in [4.78, 5) is 0. The lowest BCUT2D eigenvalue weighted by Crippen LogP contribution is -2.06. The van der Waals surface area contributed by atoms with Crippen LogP contribution >= 0.6 is 11.6 Å². The van der Waals surface area contributed by atoms with Gasteiger partial charge in [0.2, 0.25) is 0 Å². The van der Waals surface area contributed by atoms with Crippen molar-refractivity contribution in [2.45, 2.75) is 6.10 Å². The predicted molar refractivity (Wildman–Crippen MR) is 72.9 cm³/mol. The number of halogens is 2. The zero-order chi connectivity index (χ0) is 14.0. The summed E-state index contributed by atoms with van der Waals surface area (Å²) >= 11 is 5.79. The van der Waals surface area contributed by atoms with E-state index in [1.165, 1.54) is 25.3 Å². The summed E-state index contributed by atoms with van der Waals surface area (Å²) in [5.41, 5.74) is 6.59. The second-order valence-electron chi connectivity index (χ2n) is 4.04. The molecule has 19 heavy (non-hydrogen) atoms. The van der Waals surface area contributed by atoms with Crippen LogP contribution < -0.4 is 10.5 Å². The maximum absolute atomic E-state index is 14.1. The van der Waals surface area contributed by atoms with E-state index in [1.54, 1.807) is 18.2 Å². The van der Waals surface area contributed by atoms with Gasteiger partial charge in [-0.2, -0.15) is 0 Å². The summed E-state index contributed by atoms with van der Waals surface area (Å²) in [5.74, 6) is -0.532. The van der Waals surface area contributed by atoms with Gasteiger partial charge >= 0.3 is 0 Å². The first-order valence-corrected chi connectivity index (χ1v) is 5.97. The number of anilines is 1. The van der Waals surface area contributed by atoms with Gasteiger partial charge in [-0.25, -0.2) is 4.39 Å². The highest BCUT2D eigenvalue weighted by Gasteiger charge is 2.19. The fourth-order valence-corrected chi connectivity index (χ4v) is 2.04. The summed E-state index contributed by atoms with van der Waals surface area (Å²) in [7, 11) is 1.37. The Morgan fingerprint density at radius 1 is 1.26 bits per heavy atom. The van der Waals surface area contributed by atoms with Crippen molar-refractivity contribution in [3.63, 3.8) is 0 Å². The number of aliphatic hydroxyl groups is 1. The van der Waals surface area contributed by atoms with Crippen LogP contribution in [0.15, 0.2) is 36.4 Å². The lowest BCUT2D eigenvalue weighted by atomic mass is 9.99. The monoisotopic (exact) mass is 281 g/mol. The molecule has 2 rings (SSSR count). The van der Waals surface area contributed by atoms with Gasteiger partial charge in [-0.15, -0.1) is 0 Å². The maximum atomic E-state index is 14.1. The van der Waals surface area contributed by atoms with Crippen molar-refractivity contribution in [3.05, 3.63) is 58.4 Å². The van der Waals surface area contributed by atoms with Gasteiger partial charge in [0, 0.05) is 21.8 Å². The third-order valence-corrected chi connectivity index (χ3v) is 3.09. The van der Waals surface area contributed by atoms with Crippen LogP contribution in [0.3, 0.4) is 0 Å². The zero-order valence-electron chi connectivity index (χ0n) is 10.2. The molecule has 2 aromatic rings. The number of rotatable bonds is 3. The first-order valence-electron chi connectivity index (χ1n) is 5.60. The summed E-state index contributed by atoms with van der Waals surface area (Å²) < 4.78 is 19.0. The van der Waals surface area contributed by atoms with Crippen molar-refractivity contribution in [3.8, 4) is 5.75 Å². The van der Waals surface area contributed by atoms with Crippen LogP contribution in [0.5, 0.6) is 5.75 Å². The molecule has 100 valence electrons. The molecule has 5 heteroatoms. The van der Waals surface area contributed by atoms with Gasteiger partial charge in [-0.05, 0) is 18.2 Å². The van der Waals surface area contributed by atoms with E-state index in [4.69, 9.17) is 22.1 Å². The number of hydrogen-bond donors (Lipinski definition) is 2. The lowest BCUT2D eigenvalue weighted by molar-refractivity contribution is 0.214. The highest BCUT2D eigenvalue weighted by molar-refractivity contribution is 6.30. The van der Waals surface area contributed by atoms with Gasteiger partial charge in [0.15, 0.2) is 11.6 Å². The van der Waals surface area contributed by atoms with Crippen LogP contribution in [0.25, 0.3) is 0 Å². The first kappa shape index (κ1) is 13.6. The molecule has 0 saturated carbocycles. The number of aliphatic hydroxyl groups excluding tert-OH is 1. The number of nitrogens with two attached hydrogens (primary N) is 1. The Morgan fingerprint density at radius 3 is 2.63 bits per heavy atom. The van der Waals surface area contributed by atoms with E-state index in [9.17, 15) is 9.50 Å². The van der Waals surface area contributed by atoms with E-state index in [-0.39, 0.29) is 11.3 Å². The van der Waals surface area contributed by atoms with Gasteiger partial charge in [0.05, 0.1) is 7.11 Å². The van der Waals surface area contributed by atoms with Crippen LogP contribution in [0.2, 0.25) is 5.02 Å². The third kappa shape index (κ3) is 2.64. The minimum atomic E-state index is -1.17. The largest absolute Gasteiger partial charge is 0.494 e. The fraction of sp³-hybridized carbons (Fsp3) is 0.143. The molecule has 3 N–H and O–H groups in total. The normalized spacial score (nSPS) is 12.2. The average molecular weight is 282 g/mol. The standard InChI is InChI=1S/C14H13ClFNO2/c1-19-12-4-2-3-10(13(12)16)14(18)9-6-5-8(15)7-11(9)17/h2-7,14,18H,17H2,1H3. The van der Waals surface area contributed by atoms with Gasteiger partial charge in [-0.1, -0.05) is 29.8 Å². The Kier molecular flexibility index (Phi) is 3.93. The second-order valence-corrected chi connectivity index (χ2v) is 4.48. The summed E-state index contributed by atoms with van der Waals surface area (Å²) in [5, 5.41) is 10.7. The second kappa shape index (κ2) is 5.47. The van der Waals surface area contributed by atoms with Crippen LogP contribution in [0.1, 0.15) is 17.2 Å². The molecule has 0 amide bonds. The molecule has 0 fully saturated rings. The Labute approximate surface area is 115 Å². The molecule has 3 nitrogen and oxygen atoms in total. The number of nitrogen functional groups attached to an aromatic ring is 1. The zero-order valence-corrected chi connectivity index (χ0v) is 11.0. The molecule has 0 saturated heterocycles. The summed E-state index contributed by atoms with van der Waals surface area (Å²) in [6.45, 7) is 0. The Bertz CT molecular complexity index is 604. The average Bonchev–Trinajstić information content (AvgIpc) is 2.38. The van der Waals surface area contributed by atoms with Crippen LogP contribution in [-0.2, 0) is 0 Å². The Morgan fingerprint density at radius 2 is 2.00 bits per heavy atom. The molecule has 1 unspecified atom stereocenters. The molecule has 0 heterocycles. The topological polar surface area (TPSA) is 55.5 Å². The number of ether oxygens (including phenoxy) is 1. The molecule has 0 aromatic heterocycles. The van der Waals surface area contributed by atoms with E-state index in [0.29, 0.717) is 16.3 Å². The molecule has 0 spiro atoms. The van der Waals surface area contributed by atoms with E-state index in [2.05, 4.69) is 0 Å². The first-order chi connectivity index (χ1) is 9.04. The van der Waals surface area contributed by atoms with Gasteiger partial charge < -0.3 is 15.6 Å². The van der Waals surface area contributed by atoms with Crippen molar-refractivity contribution in [2.24, 2.45) is 0 Å². The Balaban J connectivity index is 2.47. The molecular weight excluding hydrogens is 269 g/mol. The smallest absolute Gasteiger partial charge is 0.171 e. The molecule has 2 aromatic carbocycles. The van der Waals surface area contributed by atoms with Crippen molar-refractivity contribution >= 4 is 17.3 Å². The molecule has 0 aliphatic heterocycles. The van der Waals surface area contributed by atoms with E-state index >= 15 is 0 Å². The molecule has 0 aliphatic carbocycles. The lowest BCUT2D eigenvalue weighted by Gasteiger charge is -2.16. The summed E-state index contributed by atoms with van der Waals surface area (Å²) in [6, 6.07) is 9.24. The SMILES string of the molecule is COc1cccc(C(O)c2ccc(Cl)cc2N)c1F. The highest BCUT2D eigenvalue weighted by atomic mass is 35.5.